The van der Waals surface area contributed by atoms with Crippen molar-refractivity contribution in [3.05, 3.63) is 94.5 Å². The third-order valence-corrected chi connectivity index (χ3v) is 6.22. The molecular weight excluding hydrogens is 520 g/mol. The van der Waals surface area contributed by atoms with Crippen LogP contribution in [0.4, 0.5) is 0 Å². The van der Waals surface area contributed by atoms with Crippen molar-refractivity contribution in [1.29, 1.82) is 0 Å². The fraction of sp³-hybridized carbons (Fsp3) is 0.310. The maximum atomic E-state index is 13.5. The molecule has 0 heterocycles. The summed E-state index contributed by atoms with van der Waals surface area (Å²) in [6, 6.07) is 24.3. The highest BCUT2D eigenvalue weighted by atomic mass is 79.9. The van der Waals surface area contributed by atoms with Crippen molar-refractivity contribution >= 4 is 27.7 Å². The number of nitrogens with zero attached hydrogens (tertiary/aromatic N) is 1. The number of rotatable bonds is 13. The fourth-order valence-electron chi connectivity index (χ4n) is 3.91. The molecule has 0 aliphatic carbocycles. The van der Waals surface area contributed by atoms with E-state index in [9.17, 15) is 9.59 Å². The zero-order valence-corrected chi connectivity index (χ0v) is 22.4. The van der Waals surface area contributed by atoms with Gasteiger partial charge in [0.1, 0.15) is 17.5 Å². The minimum atomic E-state index is -0.624. The van der Waals surface area contributed by atoms with E-state index in [1.807, 2.05) is 85.8 Å². The number of likely N-dealkylation sites (N-methyl/N-ethyl adjacent to an activating group) is 1. The Labute approximate surface area is 221 Å². The van der Waals surface area contributed by atoms with Crippen molar-refractivity contribution in [2.45, 2.75) is 38.8 Å². The number of ether oxygens (including phenoxy) is 2. The molecule has 3 rings (SSSR count). The first-order valence-corrected chi connectivity index (χ1v) is 12.9. The van der Waals surface area contributed by atoms with Crippen LogP contribution >= 0.6 is 15.9 Å². The van der Waals surface area contributed by atoms with Gasteiger partial charge < -0.3 is 19.7 Å². The maximum Gasteiger partial charge on any atom is 0.243 e. The van der Waals surface area contributed by atoms with Gasteiger partial charge in [-0.05, 0) is 60.9 Å². The monoisotopic (exact) mass is 552 g/mol. The average Bonchev–Trinajstić information content (AvgIpc) is 2.89. The predicted octanol–water partition coefficient (Wildman–Crippen LogP) is 5.39. The van der Waals surface area contributed by atoms with Crippen LogP contribution in [0.2, 0.25) is 0 Å². The van der Waals surface area contributed by atoms with E-state index in [-0.39, 0.29) is 18.2 Å². The second-order valence-electron chi connectivity index (χ2n) is 8.38. The molecule has 0 saturated carbocycles. The number of benzene rings is 3. The van der Waals surface area contributed by atoms with Crippen molar-refractivity contribution < 1.29 is 19.1 Å². The summed E-state index contributed by atoms with van der Waals surface area (Å²) in [5.74, 6) is 1.24. The van der Waals surface area contributed by atoms with E-state index in [1.54, 1.807) is 12.0 Å². The molecule has 1 atom stereocenters. The molecule has 0 bridgehead atoms. The highest BCUT2D eigenvalue weighted by molar-refractivity contribution is 9.10. The molecule has 36 heavy (non-hydrogen) atoms. The Morgan fingerprint density at radius 2 is 1.64 bits per heavy atom. The van der Waals surface area contributed by atoms with Gasteiger partial charge in [-0.15, -0.1) is 0 Å². The third kappa shape index (κ3) is 8.41. The molecule has 0 saturated heterocycles. The minimum absolute atomic E-state index is 0.0829. The number of methoxy groups -OCH3 is 1. The number of hydrogen-bond donors (Lipinski definition) is 1. The Hall–Kier alpha value is -3.32. The van der Waals surface area contributed by atoms with Gasteiger partial charge in [0, 0.05) is 30.4 Å². The van der Waals surface area contributed by atoms with E-state index in [0.29, 0.717) is 32.5 Å². The van der Waals surface area contributed by atoms with Crippen LogP contribution in [-0.4, -0.2) is 43.0 Å². The van der Waals surface area contributed by atoms with Crippen LogP contribution in [0, 0.1) is 0 Å². The minimum Gasteiger partial charge on any atom is -0.497 e. The van der Waals surface area contributed by atoms with Crippen LogP contribution < -0.4 is 14.8 Å². The highest BCUT2D eigenvalue weighted by Crippen LogP contribution is 2.20. The summed E-state index contributed by atoms with van der Waals surface area (Å²) in [6.07, 6.45) is 1.25. The van der Waals surface area contributed by atoms with E-state index in [0.717, 1.165) is 27.1 Å². The van der Waals surface area contributed by atoms with Crippen LogP contribution in [0.1, 0.15) is 30.9 Å². The number of hydrogen-bond acceptors (Lipinski definition) is 4. The first kappa shape index (κ1) is 27.3. The first-order chi connectivity index (χ1) is 17.5. The molecule has 0 fully saturated rings. The topological polar surface area (TPSA) is 67.9 Å². The smallest absolute Gasteiger partial charge is 0.243 e. The summed E-state index contributed by atoms with van der Waals surface area (Å²) in [4.78, 5) is 28.4. The van der Waals surface area contributed by atoms with Crippen LogP contribution in [0.25, 0.3) is 0 Å². The van der Waals surface area contributed by atoms with Gasteiger partial charge in [-0.1, -0.05) is 58.4 Å². The quantitative estimate of drug-likeness (QED) is 0.288. The predicted molar refractivity (Wildman–Crippen MR) is 145 cm³/mol. The molecule has 7 heteroatoms. The van der Waals surface area contributed by atoms with Crippen LogP contribution in [-0.2, 0) is 22.6 Å². The normalized spacial score (nSPS) is 11.4. The number of nitrogens with one attached hydrogen (secondary N) is 1. The third-order valence-electron chi connectivity index (χ3n) is 5.73. The van der Waals surface area contributed by atoms with Crippen LogP contribution in [0.3, 0.4) is 0 Å². The number of amides is 2. The molecular formula is C29H33BrN2O4. The number of carbonyl (C=O) groups excluding carboxylic acids is 2. The molecule has 0 aliphatic heterocycles. The Morgan fingerprint density at radius 1 is 0.944 bits per heavy atom. The number of carbonyl (C=O) groups is 2. The van der Waals surface area contributed by atoms with Gasteiger partial charge in [-0.25, -0.2) is 0 Å². The van der Waals surface area contributed by atoms with Gasteiger partial charge >= 0.3 is 0 Å². The van der Waals surface area contributed by atoms with Gasteiger partial charge in [0.15, 0.2) is 0 Å². The second kappa shape index (κ2) is 14.3. The molecule has 2 amide bonds. The zero-order valence-electron chi connectivity index (χ0n) is 20.8. The van der Waals surface area contributed by atoms with Crippen LogP contribution in [0.5, 0.6) is 11.5 Å². The molecule has 0 radical (unpaired) electrons. The first-order valence-electron chi connectivity index (χ1n) is 12.1. The van der Waals surface area contributed by atoms with Crippen molar-refractivity contribution in [2.24, 2.45) is 0 Å². The lowest BCUT2D eigenvalue weighted by Gasteiger charge is -2.31. The maximum absolute atomic E-state index is 13.5. The molecule has 190 valence electrons. The summed E-state index contributed by atoms with van der Waals surface area (Å²) >= 11 is 3.51. The van der Waals surface area contributed by atoms with Gasteiger partial charge in [0.25, 0.3) is 0 Å². The molecule has 1 unspecified atom stereocenters. The van der Waals surface area contributed by atoms with Crippen molar-refractivity contribution in [2.75, 3.05) is 20.3 Å². The summed E-state index contributed by atoms with van der Waals surface area (Å²) in [5, 5.41) is 2.92. The van der Waals surface area contributed by atoms with Gasteiger partial charge in [0.05, 0.1) is 13.7 Å². The largest absolute Gasteiger partial charge is 0.497 e. The van der Waals surface area contributed by atoms with Crippen LogP contribution in [0.15, 0.2) is 83.3 Å². The standard InChI is InChI=1S/C29H33BrN2O4/c1-3-31-29(34)27(20-22-9-5-4-6-10-22)32(21-23-11-7-12-24(30)19-23)28(33)13-8-18-36-26-16-14-25(35-2)15-17-26/h4-7,9-12,14-17,19,27H,3,8,13,18,20-21H2,1-2H3,(H,31,34). The lowest BCUT2D eigenvalue weighted by molar-refractivity contribution is -0.141. The highest BCUT2D eigenvalue weighted by Gasteiger charge is 2.29. The molecule has 3 aromatic carbocycles. The Bertz CT molecular complexity index is 1110. The molecule has 0 aromatic heterocycles. The van der Waals surface area contributed by atoms with Gasteiger partial charge in [-0.3, -0.25) is 9.59 Å². The Kier molecular flexibility index (Phi) is 10.8. The van der Waals surface area contributed by atoms with Crippen molar-refractivity contribution in [1.82, 2.24) is 10.2 Å². The summed E-state index contributed by atoms with van der Waals surface area (Å²) < 4.78 is 11.9. The molecule has 3 aromatic rings. The van der Waals surface area contributed by atoms with Crippen molar-refractivity contribution in [3.63, 3.8) is 0 Å². The summed E-state index contributed by atoms with van der Waals surface area (Å²) in [6.45, 7) is 3.12. The molecule has 0 spiro atoms. The lowest BCUT2D eigenvalue weighted by Crippen LogP contribution is -2.50. The van der Waals surface area contributed by atoms with E-state index in [4.69, 9.17) is 9.47 Å². The second-order valence-corrected chi connectivity index (χ2v) is 9.29. The number of halogens is 1. The molecule has 1 N–H and O–H groups in total. The van der Waals surface area contributed by atoms with Gasteiger partial charge in [-0.2, -0.15) is 0 Å². The van der Waals surface area contributed by atoms with Crippen molar-refractivity contribution in [3.8, 4) is 11.5 Å². The summed E-state index contributed by atoms with van der Waals surface area (Å²) in [5.41, 5.74) is 1.96. The average molecular weight is 553 g/mol. The molecule has 0 aliphatic rings. The zero-order chi connectivity index (χ0) is 25.8. The Balaban J connectivity index is 1.74. The van der Waals surface area contributed by atoms with Gasteiger partial charge in [0.2, 0.25) is 11.8 Å². The van der Waals surface area contributed by atoms with E-state index >= 15 is 0 Å². The van der Waals surface area contributed by atoms with E-state index < -0.39 is 6.04 Å². The fourth-order valence-corrected chi connectivity index (χ4v) is 4.35. The summed E-state index contributed by atoms with van der Waals surface area (Å²) in [7, 11) is 1.62. The van der Waals surface area contributed by atoms with E-state index in [2.05, 4.69) is 21.2 Å². The van der Waals surface area contributed by atoms with E-state index in [1.165, 1.54) is 0 Å². The lowest BCUT2D eigenvalue weighted by atomic mass is 10.0. The molecule has 6 nitrogen and oxygen atoms in total. The Morgan fingerprint density at radius 3 is 2.31 bits per heavy atom. The SMILES string of the molecule is CCNC(=O)C(Cc1ccccc1)N(Cc1cccc(Br)c1)C(=O)CCCOc1ccc(OC)cc1.